The van der Waals surface area contributed by atoms with E-state index in [2.05, 4.69) is 0 Å². The Labute approximate surface area is 138 Å². The van der Waals surface area contributed by atoms with Crippen LogP contribution in [0.15, 0.2) is 0 Å². The Balaban J connectivity index is 1.53. The molecule has 1 amide bonds. The minimum atomic E-state index is -0.627. The van der Waals surface area contributed by atoms with Crippen LogP contribution in [0.2, 0.25) is 0 Å². The highest BCUT2D eigenvalue weighted by molar-refractivity contribution is 5.86. The van der Waals surface area contributed by atoms with Gasteiger partial charge in [-0.3, -0.25) is 4.79 Å². The first-order chi connectivity index (χ1) is 11.2. The summed E-state index contributed by atoms with van der Waals surface area (Å²) in [6.45, 7) is 3.73. The largest absolute Gasteiger partial charge is 0.393 e. The molecule has 6 nitrogen and oxygen atoms in total. The van der Waals surface area contributed by atoms with E-state index in [-0.39, 0.29) is 30.4 Å². The van der Waals surface area contributed by atoms with Gasteiger partial charge in [-0.2, -0.15) is 0 Å². The maximum absolute atomic E-state index is 12.4. The molecule has 0 aliphatic carbocycles. The molecule has 1 N–H and O–H groups in total. The standard InChI is InChI=1S/C17H29NO5/c1-12(19)16-13(8-11-23-15-7-3-5-10-22-15)18(17(16)20)14-6-2-4-9-21-14/h12-16,19H,2-11H2,1H3/t12?,13-,14?,15?,16-/m1/s1. The van der Waals surface area contributed by atoms with Crippen LogP contribution in [0.3, 0.4) is 0 Å². The van der Waals surface area contributed by atoms with Gasteiger partial charge in [0.2, 0.25) is 5.91 Å². The van der Waals surface area contributed by atoms with Crippen LogP contribution < -0.4 is 0 Å². The second-order valence-corrected chi connectivity index (χ2v) is 6.86. The molecule has 6 heteroatoms. The lowest BCUT2D eigenvalue weighted by atomic mass is 9.80. The summed E-state index contributed by atoms with van der Waals surface area (Å²) in [5.74, 6) is -0.304. The van der Waals surface area contributed by atoms with E-state index in [1.165, 1.54) is 0 Å². The molecule has 0 aromatic rings. The lowest BCUT2D eigenvalue weighted by Crippen LogP contribution is -2.68. The van der Waals surface area contributed by atoms with E-state index >= 15 is 0 Å². The first-order valence-corrected chi connectivity index (χ1v) is 9.03. The van der Waals surface area contributed by atoms with Crippen molar-refractivity contribution in [3.05, 3.63) is 0 Å². The van der Waals surface area contributed by atoms with Gasteiger partial charge >= 0.3 is 0 Å². The average molecular weight is 327 g/mol. The number of hydrogen-bond donors (Lipinski definition) is 1. The summed E-state index contributed by atoms with van der Waals surface area (Å²) in [4.78, 5) is 14.2. The van der Waals surface area contributed by atoms with Gasteiger partial charge in [0, 0.05) is 13.2 Å². The van der Waals surface area contributed by atoms with Crippen LogP contribution >= 0.6 is 0 Å². The molecule has 3 aliphatic heterocycles. The third-order valence-corrected chi connectivity index (χ3v) is 5.15. The number of rotatable bonds is 6. The van der Waals surface area contributed by atoms with Gasteiger partial charge in [0.1, 0.15) is 6.23 Å². The van der Waals surface area contributed by atoms with Crippen LogP contribution in [-0.2, 0) is 19.0 Å². The fraction of sp³-hybridized carbons (Fsp3) is 0.941. The second-order valence-electron chi connectivity index (χ2n) is 6.86. The first-order valence-electron chi connectivity index (χ1n) is 9.03. The summed E-state index contributed by atoms with van der Waals surface area (Å²) in [5, 5.41) is 9.92. The van der Waals surface area contributed by atoms with Crippen molar-refractivity contribution in [2.24, 2.45) is 5.92 Å². The number of amides is 1. The van der Waals surface area contributed by atoms with Crippen molar-refractivity contribution in [2.75, 3.05) is 19.8 Å². The van der Waals surface area contributed by atoms with Gasteiger partial charge in [-0.25, -0.2) is 0 Å². The molecule has 0 aromatic heterocycles. The third-order valence-electron chi connectivity index (χ3n) is 5.15. The molecule has 0 aromatic carbocycles. The van der Waals surface area contributed by atoms with Crippen molar-refractivity contribution in [1.29, 1.82) is 0 Å². The summed E-state index contributed by atoms with van der Waals surface area (Å²) < 4.78 is 17.1. The molecule has 0 spiro atoms. The van der Waals surface area contributed by atoms with E-state index in [0.29, 0.717) is 13.2 Å². The van der Waals surface area contributed by atoms with Crippen molar-refractivity contribution in [3.8, 4) is 0 Å². The van der Waals surface area contributed by atoms with Crippen molar-refractivity contribution in [2.45, 2.75) is 76.5 Å². The van der Waals surface area contributed by atoms with E-state index in [0.717, 1.165) is 51.6 Å². The summed E-state index contributed by atoms with van der Waals surface area (Å²) in [6, 6.07) is 0.00851. The number of likely N-dealkylation sites (tertiary alicyclic amines) is 1. The number of carbonyl (C=O) groups is 1. The van der Waals surface area contributed by atoms with E-state index in [9.17, 15) is 9.90 Å². The zero-order chi connectivity index (χ0) is 16.2. The van der Waals surface area contributed by atoms with Crippen LogP contribution in [0.25, 0.3) is 0 Å². The zero-order valence-corrected chi connectivity index (χ0v) is 14.0. The molecule has 132 valence electrons. The minimum absolute atomic E-state index is 0.00851. The monoisotopic (exact) mass is 327 g/mol. The molecule has 0 radical (unpaired) electrons. The van der Waals surface area contributed by atoms with Gasteiger partial charge in [0.25, 0.3) is 0 Å². The lowest BCUT2D eigenvalue weighted by Gasteiger charge is -2.52. The smallest absolute Gasteiger partial charge is 0.232 e. The van der Waals surface area contributed by atoms with E-state index in [1.807, 2.05) is 4.90 Å². The Kier molecular flexibility index (Phi) is 5.91. The molecule has 23 heavy (non-hydrogen) atoms. The molecule has 3 aliphatic rings. The number of nitrogens with zero attached hydrogens (tertiary/aromatic N) is 1. The van der Waals surface area contributed by atoms with Gasteiger partial charge in [-0.1, -0.05) is 0 Å². The number of ether oxygens (including phenoxy) is 3. The number of aliphatic hydroxyl groups excluding tert-OH is 1. The first kappa shape index (κ1) is 17.1. The maximum Gasteiger partial charge on any atom is 0.232 e. The van der Waals surface area contributed by atoms with Crippen molar-refractivity contribution < 1.29 is 24.1 Å². The van der Waals surface area contributed by atoms with Crippen LogP contribution in [0.4, 0.5) is 0 Å². The Morgan fingerprint density at radius 1 is 1.22 bits per heavy atom. The number of carbonyl (C=O) groups excluding carboxylic acids is 1. The third kappa shape index (κ3) is 3.87. The lowest BCUT2D eigenvalue weighted by molar-refractivity contribution is -0.203. The summed E-state index contributed by atoms with van der Waals surface area (Å²) in [6.07, 6.45) is 6.10. The molecule has 3 rings (SSSR count). The van der Waals surface area contributed by atoms with Crippen LogP contribution in [0.1, 0.15) is 51.9 Å². The van der Waals surface area contributed by atoms with Crippen LogP contribution in [0.5, 0.6) is 0 Å². The molecule has 0 bridgehead atoms. The van der Waals surface area contributed by atoms with Crippen molar-refractivity contribution in [3.63, 3.8) is 0 Å². The van der Waals surface area contributed by atoms with Gasteiger partial charge in [0.15, 0.2) is 6.29 Å². The zero-order valence-electron chi connectivity index (χ0n) is 14.0. The fourth-order valence-corrected chi connectivity index (χ4v) is 3.90. The highest BCUT2D eigenvalue weighted by Gasteiger charge is 2.52. The molecule has 5 atom stereocenters. The minimum Gasteiger partial charge on any atom is -0.393 e. The molecule has 3 fully saturated rings. The molecule has 3 saturated heterocycles. The molecule has 3 unspecified atom stereocenters. The Morgan fingerprint density at radius 3 is 2.57 bits per heavy atom. The predicted octanol–water partition coefficient (Wildman–Crippen LogP) is 1.65. The number of aliphatic hydroxyl groups is 1. The fourth-order valence-electron chi connectivity index (χ4n) is 3.90. The predicted molar refractivity (Wildman–Crippen MR) is 83.6 cm³/mol. The summed E-state index contributed by atoms with van der Waals surface area (Å²) >= 11 is 0. The van der Waals surface area contributed by atoms with Gasteiger partial charge in [0.05, 0.1) is 24.7 Å². The van der Waals surface area contributed by atoms with Crippen LogP contribution in [0, 0.1) is 5.92 Å². The molecule has 3 heterocycles. The summed E-state index contributed by atoms with van der Waals surface area (Å²) in [5.41, 5.74) is 0. The topological polar surface area (TPSA) is 68.2 Å². The maximum atomic E-state index is 12.4. The van der Waals surface area contributed by atoms with E-state index in [4.69, 9.17) is 14.2 Å². The van der Waals surface area contributed by atoms with Gasteiger partial charge in [-0.15, -0.1) is 0 Å². The molecular formula is C17H29NO5. The van der Waals surface area contributed by atoms with Gasteiger partial charge < -0.3 is 24.2 Å². The SMILES string of the molecule is CC(O)[C@H]1C(=O)N(C2CCCCO2)[C@@H]1CCOC1CCCCO1. The number of hydrogen-bond acceptors (Lipinski definition) is 5. The van der Waals surface area contributed by atoms with Crippen LogP contribution in [-0.4, -0.2) is 60.4 Å². The van der Waals surface area contributed by atoms with Crippen molar-refractivity contribution >= 4 is 5.91 Å². The van der Waals surface area contributed by atoms with Gasteiger partial charge in [-0.05, 0) is 51.9 Å². The highest BCUT2D eigenvalue weighted by Crippen LogP contribution is 2.36. The highest BCUT2D eigenvalue weighted by atomic mass is 16.7. The van der Waals surface area contributed by atoms with Crippen molar-refractivity contribution in [1.82, 2.24) is 4.90 Å². The second kappa shape index (κ2) is 7.92. The molecule has 0 saturated carbocycles. The summed E-state index contributed by atoms with van der Waals surface area (Å²) in [7, 11) is 0. The average Bonchev–Trinajstić information content (AvgIpc) is 2.55. The Morgan fingerprint density at radius 2 is 1.96 bits per heavy atom. The van der Waals surface area contributed by atoms with E-state index < -0.39 is 6.10 Å². The van der Waals surface area contributed by atoms with E-state index in [1.54, 1.807) is 6.92 Å². The Bertz CT molecular complexity index is 390. The Hall–Kier alpha value is -0.690. The quantitative estimate of drug-likeness (QED) is 0.751. The normalized spacial score (nSPS) is 36.6. The number of β-lactam (4-membered cyclic amide) rings is 1. The molecular weight excluding hydrogens is 298 g/mol.